The number of fused-ring (bicyclic) bond motifs is 1. The van der Waals surface area contributed by atoms with Gasteiger partial charge in [-0.3, -0.25) is 8.80 Å². The van der Waals surface area contributed by atoms with E-state index in [-0.39, 0.29) is 16.9 Å². The van der Waals surface area contributed by atoms with Gasteiger partial charge in [-0.1, -0.05) is 50.0 Å². The van der Waals surface area contributed by atoms with Crippen LogP contribution in [0.3, 0.4) is 0 Å². The standard InChI is InChI=1S/C14H18N2O2SSi/c1-20(2,3)16-12(17)11-9-19-13(15(11)14(16)18)10-7-5-4-6-8-10/h4-8,13,17H,9H2,1-3H3. The van der Waals surface area contributed by atoms with E-state index in [1.165, 1.54) is 0 Å². The van der Waals surface area contributed by atoms with E-state index in [1.807, 2.05) is 30.3 Å². The number of aromatic hydroxyl groups is 1. The second kappa shape index (κ2) is 4.56. The highest BCUT2D eigenvalue weighted by Gasteiger charge is 2.35. The third-order valence-electron chi connectivity index (χ3n) is 3.53. The van der Waals surface area contributed by atoms with Gasteiger partial charge in [0, 0.05) is 5.75 Å². The fraction of sp³-hybridized carbons (Fsp3) is 0.357. The summed E-state index contributed by atoms with van der Waals surface area (Å²) in [5.74, 6) is 0.845. The number of aromatic nitrogens is 2. The maximum Gasteiger partial charge on any atom is 0.324 e. The Morgan fingerprint density at radius 1 is 1.25 bits per heavy atom. The van der Waals surface area contributed by atoms with Crippen molar-refractivity contribution >= 4 is 20.0 Å². The van der Waals surface area contributed by atoms with Crippen LogP contribution in [0.15, 0.2) is 35.1 Å². The Morgan fingerprint density at radius 2 is 1.90 bits per heavy atom. The monoisotopic (exact) mass is 306 g/mol. The molecule has 106 valence electrons. The van der Waals surface area contributed by atoms with Crippen LogP contribution in [-0.4, -0.2) is 22.1 Å². The first kappa shape index (κ1) is 13.6. The van der Waals surface area contributed by atoms with Gasteiger partial charge in [0.15, 0.2) is 8.24 Å². The summed E-state index contributed by atoms with van der Waals surface area (Å²) >= 11 is 1.68. The Morgan fingerprint density at radius 3 is 2.50 bits per heavy atom. The second-order valence-electron chi connectivity index (χ2n) is 6.00. The largest absolute Gasteiger partial charge is 0.494 e. The van der Waals surface area contributed by atoms with Crippen molar-refractivity contribution in [3.05, 3.63) is 52.1 Å². The first-order valence-electron chi connectivity index (χ1n) is 6.63. The Balaban J connectivity index is 2.18. The number of rotatable bonds is 2. The molecule has 0 amide bonds. The summed E-state index contributed by atoms with van der Waals surface area (Å²) in [7, 11) is -1.92. The quantitative estimate of drug-likeness (QED) is 0.868. The molecule has 1 aromatic carbocycles. The summed E-state index contributed by atoms with van der Waals surface area (Å²) in [5, 5.41) is 10.4. The van der Waals surface area contributed by atoms with Crippen LogP contribution in [0.2, 0.25) is 19.6 Å². The molecule has 0 spiro atoms. The van der Waals surface area contributed by atoms with Crippen LogP contribution in [0.1, 0.15) is 16.6 Å². The van der Waals surface area contributed by atoms with Gasteiger partial charge in [-0.25, -0.2) is 4.79 Å². The Bertz CT molecular complexity index is 700. The fourth-order valence-corrected chi connectivity index (χ4v) is 5.37. The van der Waals surface area contributed by atoms with Crippen LogP contribution in [0.4, 0.5) is 0 Å². The SMILES string of the molecule is C[Si](C)(C)n1c(O)c2n(c1=O)C(c1ccccc1)SC2. The number of thioether (sulfide) groups is 1. The second-order valence-corrected chi connectivity index (χ2v) is 11.9. The van der Waals surface area contributed by atoms with Gasteiger partial charge in [0.2, 0.25) is 5.88 Å². The molecule has 0 fully saturated rings. The number of hydrogen-bond acceptors (Lipinski definition) is 3. The lowest BCUT2D eigenvalue weighted by Gasteiger charge is -2.18. The minimum absolute atomic E-state index is 0.0257. The molecule has 1 aliphatic heterocycles. The van der Waals surface area contributed by atoms with E-state index in [0.717, 1.165) is 11.3 Å². The van der Waals surface area contributed by atoms with Gasteiger partial charge in [0.05, 0.1) is 5.69 Å². The summed E-state index contributed by atoms with van der Waals surface area (Å²) in [4.78, 5) is 12.7. The molecule has 0 saturated carbocycles. The molecule has 4 nitrogen and oxygen atoms in total. The fourth-order valence-electron chi connectivity index (χ4n) is 2.63. The summed E-state index contributed by atoms with van der Waals surface area (Å²) in [6, 6.07) is 9.99. The Kier molecular flexibility index (Phi) is 3.10. The van der Waals surface area contributed by atoms with Crippen molar-refractivity contribution in [3.63, 3.8) is 0 Å². The highest BCUT2D eigenvalue weighted by Crippen LogP contribution is 2.42. The maximum absolute atomic E-state index is 12.7. The molecule has 1 aliphatic rings. The van der Waals surface area contributed by atoms with Crippen molar-refractivity contribution < 1.29 is 5.11 Å². The van der Waals surface area contributed by atoms with Crippen LogP contribution in [-0.2, 0) is 5.75 Å². The third-order valence-corrected chi connectivity index (χ3v) is 6.51. The first-order chi connectivity index (χ1) is 9.41. The number of imidazole rings is 1. The van der Waals surface area contributed by atoms with E-state index in [4.69, 9.17) is 0 Å². The summed E-state index contributed by atoms with van der Waals surface area (Å²) in [6.45, 7) is 6.19. The molecule has 1 N–H and O–H groups in total. The van der Waals surface area contributed by atoms with Crippen molar-refractivity contribution in [1.29, 1.82) is 0 Å². The van der Waals surface area contributed by atoms with Crippen LogP contribution < -0.4 is 5.69 Å². The molecule has 0 aliphatic carbocycles. The average Bonchev–Trinajstić information content (AvgIpc) is 2.91. The van der Waals surface area contributed by atoms with E-state index in [2.05, 4.69) is 19.6 Å². The molecule has 6 heteroatoms. The van der Waals surface area contributed by atoms with Gasteiger partial charge >= 0.3 is 5.69 Å². The van der Waals surface area contributed by atoms with Crippen molar-refractivity contribution in [2.45, 2.75) is 30.8 Å². The van der Waals surface area contributed by atoms with Crippen LogP contribution in [0.25, 0.3) is 0 Å². The van der Waals surface area contributed by atoms with Crippen molar-refractivity contribution in [2.75, 3.05) is 0 Å². The minimum atomic E-state index is -1.92. The molecular weight excluding hydrogens is 288 g/mol. The molecule has 1 aromatic heterocycles. The smallest absolute Gasteiger partial charge is 0.324 e. The van der Waals surface area contributed by atoms with E-state index in [9.17, 15) is 9.90 Å². The summed E-state index contributed by atoms with van der Waals surface area (Å²) in [5.41, 5.74) is 1.79. The van der Waals surface area contributed by atoms with Crippen LogP contribution in [0.5, 0.6) is 5.88 Å². The van der Waals surface area contributed by atoms with Gasteiger partial charge in [-0.2, -0.15) is 0 Å². The molecular formula is C14H18N2O2SSi. The lowest BCUT2D eigenvalue weighted by molar-refractivity contribution is 0.441. The number of hydrogen-bond donors (Lipinski definition) is 1. The van der Waals surface area contributed by atoms with Gasteiger partial charge in [0.25, 0.3) is 0 Å². The van der Waals surface area contributed by atoms with Crippen molar-refractivity contribution in [2.24, 2.45) is 0 Å². The van der Waals surface area contributed by atoms with Crippen LogP contribution >= 0.6 is 11.8 Å². The zero-order valence-electron chi connectivity index (χ0n) is 11.8. The Labute approximate surface area is 123 Å². The van der Waals surface area contributed by atoms with E-state index < -0.39 is 8.24 Å². The topological polar surface area (TPSA) is 47.2 Å². The van der Waals surface area contributed by atoms with Crippen LogP contribution in [0, 0.1) is 0 Å². The predicted octanol–water partition coefficient (Wildman–Crippen LogP) is 2.83. The molecule has 1 atom stereocenters. The summed E-state index contributed by atoms with van der Waals surface area (Å²) in [6.07, 6.45) is 0. The molecule has 0 radical (unpaired) electrons. The van der Waals surface area contributed by atoms with Gasteiger partial charge in [0.1, 0.15) is 5.37 Å². The molecule has 2 heterocycles. The highest BCUT2D eigenvalue weighted by molar-refractivity contribution is 7.99. The van der Waals surface area contributed by atoms with Gasteiger partial charge in [-0.15, -0.1) is 11.8 Å². The van der Waals surface area contributed by atoms with Crippen molar-refractivity contribution in [1.82, 2.24) is 8.80 Å². The normalized spacial score (nSPS) is 18.2. The molecule has 20 heavy (non-hydrogen) atoms. The predicted molar refractivity (Wildman–Crippen MR) is 85.0 cm³/mol. The summed E-state index contributed by atoms with van der Waals surface area (Å²) < 4.78 is 3.38. The van der Waals surface area contributed by atoms with Gasteiger partial charge in [-0.05, 0) is 5.56 Å². The third kappa shape index (κ3) is 1.94. The van der Waals surface area contributed by atoms with E-state index >= 15 is 0 Å². The highest BCUT2D eigenvalue weighted by atomic mass is 32.2. The number of nitrogens with zero attached hydrogens (tertiary/aromatic N) is 2. The minimum Gasteiger partial charge on any atom is -0.494 e. The molecule has 0 saturated heterocycles. The Hall–Kier alpha value is -1.40. The molecule has 1 unspecified atom stereocenters. The van der Waals surface area contributed by atoms with Crippen molar-refractivity contribution in [3.8, 4) is 5.88 Å². The van der Waals surface area contributed by atoms with Gasteiger partial charge < -0.3 is 5.11 Å². The zero-order chi connectivity index (χ0) is 14.5. The molecule has 2 aromatic rings. The number of benzene rings is 1. The molecule has 0 bridgehead atoms. The lowest BCUT2D eigenvalue weighted by Crippen LogP contribution is -2.41. The van der Waals surface area contributed by atoms with E-state index in [0.29, 0.717) is 5.75 Å². The first-order valence-corrected chi connectivity index (χ1v) is 11.1. The molecule has 3 rings (SSSR count). The van der Waals surface area contributed by atoms with E-state index in [1.54, 1.807) is 20.6 Å². The zero-order valence-corrected chi connectivity index (χ0v) is 13.6. The maximum atomic E-state index is 12.7. The lowest BCUT2D eigenvalue weighted by atomic mass is 10.2. The average molecular weight is 306 g/mol.